The van der Waals surface area contributed by atoms with Crippen LogP contribution in [0.2, 0.25) is 0 Å². The van der Waals surface area contributed by atoms with E-state index in [4.69, 9.17) is 11.2 Å². The van der Waals surface area contributed by atoms with Crippen LogP contribution < -0.4 is 10.1 Å². The number of terminal acetylenes is 1. The molecule has 5 heteroatoms. The Hall–Kier alpha value is -2.22. The van der Waals surface area contributed by atoms with Crippen LogP contribution in [0, 0.1) is 22.5 Å². The third-order valence-electron chi connectivity index (χ3n) is 2.25. The number of ether oxygens (including phenoxy) is 1. The van der Waals surface area contributed by atoms with Crippen molar-refractivity contribution >= 4 is 11.4 Å². The average molecular weight is 248 g/mol. The Morgan fingerprint density at radius 3 is 2.83 bits per heavy atom. The smallest absolute Gasteiger partial charge is 0.275 e. The predicted molar refractivity (Wildman–Crippen MR) is 70.8 cm³/mol. The van der Waals surface area contributed by atoms with E-state index in [9.17, 15) is 10.1 Å². The summed E-state index contributed by atoms with van der Waals surface area (Å²) in [6, 6.07) is 4.64. The lowest BCUT2D eigenvalue weighted by Crippen LogP contribution is -2.14. The molecule has 1 unspecified atom stereocenters. The van der Waals surface area contributed by atoms with E-state index >= 15 is 0 Å². The molecule has 1 atom stereocenters. The van der Waals surface area contributed by atoms with Crippen LogP contribution >= 0.6 is 0 Å². The van der Waals surface area contributed by atoms with Crippen LogP contribution in [0.5, 0.6) is 5.75 Å². The number of nitrogens with one attached hydrogen (secondary N) is 1. The highest BCUT2D eigenvalue weighted by molar-refractivity contribution is 5.56. The first-order valence-corrected chi connectivity index (χ1v) is 5.69. The van der Waals surface area contributed by atoms with E-state index in [0.29, 0.717) is 24.5 Å². The molecule has 1 rings (SSSR count). The third kappa shape index (κ3) is 3.98. The number of non-ortho nitro benzene ring substituents is 1. The third-order valence-corrected chi connectivity index (χ3v) is 2.25. The van der Waals surface area contributed by atoms with Crippen molar-refractivity contribution in [2.75, 3.05) is 11.9 Å². The fourth-order valence-corrected chi connectivity index (χ4v) is 1.53. The van der Waals surface area contributed by atoms with Gasteiger partial charge in [-0.1, -0.05) is 0 Å². The van der Waals surface area contributed by atoms with Crippen LogP contribution in [0.15, 0.2) is 18.2 Å². The van der Waals surface area contributed by atoms with Crippen molar-refractivity contribution in [1.29, 1.82) is 0 Å². The maximum absolute atomic E-state index is 10.8. The van der Waals surface area contributed by atoms with Crippen LogP contribution in [0.25, 0.3) is 0 Å². The Morgan fingerprint density at radius 2 is 2.28 bits per heavy atom. The minimum absolute atomic E-state index is 0.00337. The molecule has 0 amide bonds. The maximum atomic E-state index is 10.8. The monoisotopic (exact) mass is 248 g/mol. The van der Waals surface area contributed by atoms with E-state index in [-0.39, 0.29) is 11.7 Å². The largest absolute Gasteiger partial charge is 0.494 e. The van der Waals surface area contributed by atoms with Gasteiger partial charge in [-0.3, -0.25) is 10.1 Å². The number of nitro benzene ring substituents is 1. The van der Waals surface area contributed by atoms with Crippen LogP contribution in [-0.4, -0.2) is 17.6 Å². The number of nitrogens with zero attached hydrogens (tertiary/aromatic N) is 1. The number of anilines is 1. The van der Waals surface area contributed by atoms with E-state index in [1.54, 1.807) is 6.07 Å². The fraction of sp³-hybridized carbons (Fsp3) is 0.385. The normalized spacial score (nSPS) is 11.4. The van der Waals surface area contributed by atoms with Gasteiger partial charge in [0.25, 0.3) is 5.69 Å². The highest BCUT2D eigenvalue weighted by Gasteiger charge is 2.11. The standard InChI is InChI=1S/C13H16N2O3/c1-4-6-10(3)14-11-7-12(15(16)17)9-13(8-11)18-5-2/h1,7-10,14H,5-6H2,2-3H3. The van der Waals surface area contributed by atoms with Crippen molar-refractivity contribution in [1.82, 2.24) is 0 Å². The quantitative estimate of drug-likeness (QED) is 0.477. The van der Waals surface area contributed by atoms with E-state index in [1.165, 1.54) is 12.1 Å². The Labute approximate surface area is 106 Å². The van der Waals surface area contributed by atoms with Gasteiger partial charge in [-0.25, -0.2) is 0 Å². The highest BCUT2D eigenvalue weighted by atomic mass is 16.6. The van der Waals surface area contributed by atoms with Crippen molar-refractivity contribution in [3.8, 4) is 18.1 Å². The van der Waals surface area contributed by atoms with Gasteiger partial charge in [0.15, 0.2) is 0 Å². The Morgan fingerprint density at radius 1 is 1.56 bits per heavy atom. The van der Waals surface area contributed by atoms with Gasteiger partial charge in [0.1, 0.15) is 5.75 Å². The molecular formula is C13H16N2O3. The van der Waals surface area contributed by atoms with Crippen molar-refractivity contribution in [2.24, 2.45) is 0 Å². The van der Waals surface area contributed by atoms with Crippen LogP contribution in [0.4, 0.5) is 11.4 Å². The SMILES string of the molecule is C#CCC(C)Nc1cc(OCC)cc([N+](=O)[O-])c1. The second-order valence-corrected chi connectivity index (χ2v) is 3.86. The Kier molecular flexibility index (Phi) is 5.00. The number of benzene rings is 1. The minimum Gasteiger partial charge on any atom is -0.494 e. The molecule has 0 aliphatic heterocycles. The minimum atomic E-state index is -0.445. The maximum Gasteiger partial charge on any atom is 0.275 e. The molecular weight excluding hydrogens is 232 g/mol. The summed E-state index contributed by atoms with van der Waals surface area (Å²) in [5.74, 6) is 3.01. The van der Waals surface area contributed by atoms with Crippen molar-refractivity contribution in [2.45, 2.75) is 26.3 Å². The van der Waals surface area contributed by atoms with Gasteiger partial charge < -0.3 is 10.1 Å². The second kappa shape index (κ2) is 6.50. The molecule has 0 radical (unpaired) electrons. The molecule has 0 fully saturated rings. The van der Waals surface area contributed by atoms with Crippen LogP contribution in [0.3, 0.4) is 0 Å². The fourth-order valence-electron chi connectivity index (χ4n) is 1.53. The van der Waals surface area contributed by atoms with Gasteiger partial charge in [-0.05, 0) is 13.8 Å². The summed E-state index contributed by atoms with van der Waals surface area (Å²) in [5, 5.41) is 13.9. The lowest BCUT2D eigenvalue weighted by Gasteiger charge is -2.13. The molecule has 0 spiro atoms. The summed E-state index contributed by atoms with van der Waals surface area (Å²) in [5.41, 5.74) is 0.631. The van der Waals surface area contributed by atoms with Gasteiger partial charge in [0, 0.05) is 30.3 Å². The molecule has 1 N–H and O–H groups in total. The average Bonchev–Trinajstić information content (AvgIpc) is 2.29. The molecule has 1 aromatic carbocycles. The lowest BCUT2D eigenvalue weighted by molar-refractivity contribution is -0.384. The zero-order chi connectivity index (χ0) is 13.5. The molecule has 0 saturated heterocycles. The van der Waals surface area contributed by atoms with Gasteiger partial charge in [0.2, 0.25) is 0 Å². The lowest BCUT2D eigenvalue weighted by atomic mass is 10.2. The van der Waals surface area contributed by atoms with E-state index in [2.05, 4.69) is 11.2 Å². The summed E-state index contributed by atoms with van der Waals surface area (Å²) >= 11 is 0. The summed E-state index contributed by atoms with van der Waals surface area (Å²) in [6.07, 6.45) is 5.76. The van der Waals surface area contributed by atoms with Gasteiger partial charge >= 0.3 is 0 Å². The Balaban J connectivity index is 2.96. The molecule has 0 bridgehead atoms. The highest BCUT2D eigenvalue weighted by Crippen LogP contribution is 2.26. The van der Waals surface area contributed by atoms with Gasteiger partial charge in [-0.2, -0.15) is 0 Å². The molecule has 5 nitrogen and oxygen atoms in total. The summed E-state index contributed by atoms with van der Waals surface area (Å²) in [4.78, 5) is 10.4. The topological polar surface area (TPSA) is 64.4 Å². The van der Waals surface area contributed by atoms with Crippen molar-refractivity contribution < 1.29 is 9.66 Å². The first-order chi connectivity index (χ1) is 8.56. The summed E-state index contributed by atoms with van der Waals surface area (Å²) in [6.45, 7) is 4.20. The van der Waals surface area contributed by atoms with Crippen molar-refractivity contribution in [3.63, 3.8) is 0 Å². The van der Waals surface area contributed by atoms with Crippen LogP contribution in [0.1, 0.15) is 20.3 Å². The molecule has 0 heterocycles. The molecule has 1 aromatic rings. The van der Waals surface area contributed by atoms with E-state index in [1.807, 2.05) is 13.8 Å². The Bertz CT molecular complexity index is 466. The number of hydrogen-bond donors (Lipinski definition) is 1. The molecule has 96 valence electrons. The molecule has 18 heavy (non-hydrogen) atoms. The van der Waals surface area contributed by atoms with E-state index < -0.39 is 4.92 Å². The number of nitro groups is 1. The van der Waals surface area contributed by atoms with Gasteiger partial charge in [0.05, 0.1) is 17.6 Å². The number of rotatable bonds is 6. The first kappa shape index (κ1) is 13.8. The second-order valence-electron chi connectivity index (χ2n) is 3.86. The van der Waals surface area contributed by atoms with Gasteiger partial charge in [-0.15, -0.1) is 12.3 Å². The predicted octanol–water partition coefficient (Wildman–Crippen LogP) is 2.82. The number of hydrogen-bond acceptors (Lipinski definition) is 4. The zero-order valence-electron chi connectivity index (χ0n) is 10.5. The molecule has 0 aliphatic rings. The summed E-state index contributed by atoms with van der Waals surface area (Å²) in [7, 11) is 0. The zero-order valence-corrected chi connectivity index (χ0v) is 10.5. The van der Waals surface area contributed by atoms with Crippen LogP contribution in [-0.2, 0) is 0 Å². The molecule has 0 aliphatic carbocycles. The molecule has 0 aromatic heterocycles. The van der Waals surface area contributed by atoms with E-state index in [0.717, 1.165) is 0 Å². The molecule has 0 saturated carbocycles. The summed E-state index contributed by atoms with van der Waals surface area (Å²) < 4.78 is 5.29. The first-order valence-electron chi connectivity index (χ1n) is 5.69. The van der Waals surface area contributed by atoms with Crippen molar-refractivity contribution in [3.05, 3.63) is 28.3 Å².